The summed E-state index contributed by atoms with van der Waals surface area (Å²) in [4.78, 5) is 0. The topological polar surface area (TPSA) is 18.5 Å². The van der Waals surface area contributed by atoms with Crippen molar-refractivity contribution in [2.75, 3.05) is 10.9 Å². The third-order valence-corrected chi connectivity index (χ3v) is 6.11. The first-order valence-corrected chi connectivity index (χ1v) is 12.4. The molecule has 0 aromatic heterocycles. The van der Waals surface area contributed by atoms with E-state index in [9.17, 15) is 8.78 Å². The zero-order valence-corrected chi connectivity index (χ0v) is 19.9. The Kier molecular flexibility index (Phi) is 9.64. The summed E-state index contributed by atoms with van der Waals surface area (Å²) in [6, 6.07) is 8.37. The Bertz CT molecular complexity index is 608. The quantitative estimate of drug-likeness (QED) is 0.500. The predicted octanol–water partition coefficient (Wildman–Crippen LogP) is 3.18. The van der Waals surface area contributed by atoms with Gasteiger partial charge in [-0.05, 0) is 0 Å². The van der Waals surface area contributed by atoms with E-state index in [0.29, 0.717) is 26.9 Å². The van der Waals surface area contributed by atoms with Crippen molar-refractivity contribution in [3.63, 3.8) is 0 Å². The average Bonchev–Trinajstić information content (AvgIpc) is 2.45. The van der Waals surface area contributed by atoms with Gasteiger partial charge < -0.3 is 0 Å². The van der Waals surface area contributed by atoms with E-state index in [1.165, 1.54) is 30.3 Å². The smallest absolute Gasteiger partial charge is 0 e. The molecule has 2 rings (SSSR count). The van der Waals surface area contributed by atoms with Gasteiger partial charge in [-0.1, -0.05) is 0 Å². The number of hydrogen-bond donors (Lipinski definition) is 0. The monoisotopic (exact) mass is 568 g/mol. The van der Waals surface area contributed by atoms with E-state index in [4.69, 9.17) is 17.3 Å². The Balaban J connectivity index is 0.00000264. The van der Waals surface area contributed by atoms with Crippen molar-refractivity contribution in [3.8, 4) is 11.5 Å². The SMILES string of the molecule is [B]c1cc(F)ccc1O[CH2][Ge]([CH3])[CH2]Oc1ccc(F)cc1Br.[Pr]. The van der Waals surface area contributed by atoms with Gasteiger partial charge in [-0.2, -0.15) is 0 Å². The molecule has 116 valence electrons. The molecule has 0 aliphatic carbocycles. The molecule has 2 nitrogen and oxygen atoms in total. The van der Waals surface area contributed by atoms with Crippen LogP contribution >= 0.6 is 15.9 Å². The molecule has 0 saturated heterocycles. The normalized spacial score (nSPS) is 10.3. The Labute approximate surface area is 181 Å². The van der Waals surface area contributed by atoms with E-state index in [2.05, 4.69) is 21.7 Å². The van der Waals surface area contributed by atoms with Gasteiger partial charge in [0.1, 0.15) is 0 Å². The van der Waals surface area contributed by atoms with E-state index in [1.807, 2.05) is 0 Å². The molecule has 0 saturated carbocycles. The molecule has 0 spiro atoms. The summed E-state index contributed by atoms with van der Waals surface area (Å²) in [5.41, 5.74) is 1.38. The number of halogens is 3. The van der Waals surface area contributed by atoms with Gasteiger partial charge in [0.25, 0.3) is 0 Å². The van der Waals surface area contributed by atoms with Crippen LogP contribution in [0, 0.1) is 52.9 Å². The van der Waals surface area contributed by atoms with E-state index >= 15 is 0 Å². The third-order valence-electron chi connectivity index (χ3n) is 2.81. The zero-order chi connectivity index (χ0) is 16.1. The van der Waals surface area contributed by atoms with Gasteiger partial charge in [0.15, 0.2) is 0 Å². The molecule has 0 amide bonds. The van der Waals surface area contributed by atoms with Crippen LogP contribution in [0.4, 0.5) is 8.78 Å². The van der Waals surface area contributed by atoms with E-state index in [0.717, 1.165) is 0 Å². The summed E-state index contributed by atoms with van der Waals surface area (Å²) >= 11 is 1.67. The van der Waals surface area contributed by atoms with Gasteiger partial charge in [0, 0.05) is 41.3 Å². The molecule has 0 bridgehead atoms. The fourth-order valence-electron chi connectivity index (χ4n) is 1.69. The van der Waals surface area contributed by atoms with Crippen molar-refractivity contribution in [1.82, 2.24) is 0 Å². The van der Waals surface area contributed by atoms with Gasteiger partial charge in [-0.3, -0.25) is 0 Å². The minimum atomic E-state index is -1.59. The minimum absolute atomic E-state index is 0. The fourth-order valence-corrected chi connectivity index (χ4v) is 4.01. The summed E-state index contributed by atoms with van der Waals surface area (Å²) in [5.74, 6) is 2.49. The van der Waals surface area contributed by atoms with E-state index in [-0.39, 0.29) is 58.4 Å². The summed E-state index contributed by atoms with van der Waals surface area (Å²) in [6.45, 7) is 0. The van der Waals surface area contributed by atoms with Crippen LogP contribution in [0.2, 0.25) is 5.76 Å². The molecule has 0 N–H and O–H groups in total. The van der Waals surface area contributed by atoms with Crippen LogP contribution in [-0.2, 0) is 0 Å². The Hall–Kier alpha value is 0.351. The van der Waals surface area contributed by atoms with Gasteiger partial charge in [-0.25, -0.2) is 0 Å². The van der Waals surface area contributed by atoms with Crippen LogP contribution in [-0.4, -0.2) is 33.1 Å². The van der Waals surface area contributed by atoms with Crippen molar-refractivity contribution in [3.05, 3.63) is 52.5 Å². The predicted molar refractivity (Wildman–Crippen MR) is 88.5 cm³/mol. The second-order valence-electron chi connectivity index (χ2n) is 4.79. The molecule has 23 heavy (non-hydrogen) atoms. The number of benzene rings is 2. The van der Waals surface area contributed by atoms with Gasteiger partial charge in [0.2, 0.25) is 0 Å². The Morgan fingerprint density at radius 3 is 2.09 bits per heavy atom. The molecule has 0 fully saturated rings. The fraction of sp³-hybridized carbons (Fsp3) is 0.200. The minimum Gasteiger partial charge on any atom is 0 e. The molecule has 0 aliphatic rings. The largest absolute Gasteiger partial charge is 0 e. The molecular weight excluding hydrogens is 554 g/mol. The van der Waals surface area contributed by atoms with Crippen LogP contribution in [0.25, 0.3) is 0 Å². The molecule has 0 aliphatic heterocycles. The summed E-state index contributed by atoms with van der Waals surface area (Å²) < 4.78 is 37.8. The molecule has 8 heteroatoms. The summed E-state index contributed by atoms with van der Waals surface area (Å²) in [5, 5.41) is 0. The first-order chi connectivity index (χ1) is 10.5. The summed E-state index contributed by atoms with van der Waals surface area (Å²) in [7, 11) is 5.69. The number of hydrogen-bond acceptors (Lipinski definition) is 2. The van der Waals surface area contributed by atoms with E-state index in [1.54, 1.807) is 6.07 Å². The van der Waals surface area contributed by atoms with Crippen LogP contribution in [0.5, 0.6) is 11.5 Å². The van der Waals surface area contributed by atoms with Gasteiger partial charge in [0.05, 0.1) is 0 Å². The van der Waals surface area contributed by atoms with Crippen LogP contribution in [0.3, 0.4) is 0 Å². The molecule has 0 unspecified atom stereocenters. The molecule has 2 aromatic rings. The zero-order valence-electron chi connectivity index (χ0n) is 12.5. The molecular formula is C15H13BBrF2GeO2Pr. The maximum absolute atomic E-state index is 13.0. The van der Waals surface area contributed by atoms with Crippen molar-refractivity contribution in [2.24, 2.45) is 0 Å². The second kappa shape index (κ2) is 10.4. The van der Waals surface area contributed by atoms with Crippen molar-refractivity contribution in [2.45, 2.75) is 5.76 Å². The Morgan fingerprint density at radius 2 is 1.52 bits per heavy atom. The number of ether oxygens (including phenoxy) is 2. The van der Waals surface area contributed by atoms with E-state index < -0.39 is 14.3 Å². The molecule has 0 atom stereocenters. The van der Waals surface area contributed by atoms with Crippen molar-refractivity contribution >= 4 is 43.6 Å². The second-order valence-corrected chi connectivity index (χ2v) is 10.9. The van der Waals surface area contributed by atoms with Crippen molar-refractivity contribution in [1.29, 1.82) is 0 Å². The van der Waals surface area contributed by atoms with Crippen LogP contribution in [0.1, 0.15) is 0 Å². The summed E-state index contributed by atoms with van der Waals surface area (Å²) in [6.07, 6.45) is 0. The molecule has 4 radical (unpaired) electrons. The average molecular weight is 567 g/mol. The Morgan fingerprint density at radius 1 is 1.00 bits per heavy atom. The molecule has 0 heterocycles. The van der Waals surface area contributed by atoms with Gasteiger partial charge >= 0.3 is 142 Å². The van der Waals surface area contributed by atoms with Crippen molar-refractivity contribution < 1.29 is 59.5 Å². The first kappa shape index (κ1) is 21.4. The van der Waals surface area contributed by atoms with Crippen LogP contribution in [0.15, 0.2) is 40.9 Å². The van der Waals surface area contributed by atoms with Gasteiger partial charge in [-0.15, -0.1) is 0 Å². The third kappa shape index (κ3) is 7.01. The standard InChI is InChI=1S/C15H13BBrF2GeO2.Pr/c1-20(8-21-14-4-2-10(18)6-12(14)16)9-22-15-5-3-11(19)7-13(15)17;/h2-7H,8-9H2,1H3;. The first-order valence-electron chi connectivity index (χ1n) is 6.52. The van der Waals surface area contributed by atoms with Crippen LogP contribution < -0.4 is 14.9 Å². The number of rotatable bonds is 6. The molecule has 2 aromatic carbocycles. The maximum Gasteiger partial charge on any atom is 0 e. The maximum atomic E-state index is 13.0.